The number of ether oxygens (including phenoxy) is 1. The average molecular weight is 404 g/mol. The van der Waals surface area contributed by atoms with E-state index in [1.807, 2.05) is 6.92 Å². The number of nitrogens with zero attached hydrogens (tertiary/aromatic N) is 2. The van der Waals surface area contributed by atoms with E-state index in [1.165, 1.54) is 24.5 Å². The van der Waals surface area contributed by atoms with Crippen LogP contribution in [0.15, 0.2) is 60.9 Å². The predicted octanol–water partition coefficient (Wildman–Crippen LogP) is 5.51. The van der Waals surface area contributed by atoms with Crippen molar-refractivity contribution >= 4 is 10.8 Å². The minimum absolute atomic E-state index is 0.178. The second kappa shape index (κ2) is 8.26. The standard InChI is InChI=1S/C24H15F3N2O/c1-2-30-20-13-28-24(29-14-20)18-11-22(26)21(23(27)12-18)8-4-15-3-5-17-10-19(25)7-6-16(17)9-15/h3,5-7,9-14H,2H2,1H3. The smallest absolute Gasteiger partial charge is 0.159 e. The van der Waals surface area contributed by atoms with E-state index in [1.54, 1.807) is 24.3 Å². The minimum atomic E-state index is -0.808. The molecule has 1 aromatic heterocycles. The van der Waals surface area contributed by atoms with Gasteiger partial charge in [-0.15, -0.1) is 0 Å². The molecule has 4 aromatic rings. The maximum Gasteiger partial charge on any atom is 0.159 e. The predicted molar refractivity (Wildman–Crippen MR) is 108 cm³/mol. The quantitative estimate of drug-likeness (QED) is 0.422. The molecule has 4 rings (SSSR count). The van der Waals surface area contributed by atoms with Crippen LogP contribution in [-0.4, -0.2) is 16.6 Å². The third-order valence-corrected chi connectivity index (χ3v) is 4.37. The molecule has 0 aliphatic heterocycles. The lowest BCUT2D eigenvalue weighted by Crippen LogP contribution is -1.97. The topological polar surface area (TPSA) is 35.0 Å². The normalized spacial score (nSPS) is 10.5. The van der Waals surface area contributed by atoms with Crippen molar-refractivity contribution in [3.63, 3.8) is 0 Å². The van der Waals surface area contributed by atoms with Gasteiger partial charge in [-0.05, 0) is 54.1 Å². The first-order valence-electron chi connectivity index (χ1n) is 9.19. The van der Waals surface area contributed by atoms with Gasteiger partial charge in [0, 0.05) is 11.1 Å². The minimum Gasteiger partial charge on any atom is -0.491 e. The Hall–Kier alpha value is -3.85. The zero-order chi connectivity index (χ0) is 21.1. The van der Waals surface area contributed by atoms with Crippen LogP contribution in [0.3, 0.4) is 0 Å². The molecule has 3 nitrogen and oxygen atoms in total. The Morgan fingerprint density at radius 1 is 0.833 bits per heavy atom. The van der Waals surface area contributed by atoms with E-state index in [0.29, 0.717) is 17.9 Å². The number of fused-ring (bicyclic) bond motifs is 1. The van der Waals surface area contributed by atoms with E-state index in [2.05, 4.69) is 21.8 Å². The molecule has 0 aliphatic rings. The van der Waals surface area contributed by atoms with Crippen LogP contribution in [0.2, 0.25) is 0 Å². The summed E-state index contributed by atoms with van der Waals surface area (Å²) in [6.45, 7) is 2.30. The van der Waals surface area contributed by atoms with Gasteiger partial charge in [-0.1, -0.05) is 24.0 Å². The lowest BCUT2D eigenvalue weighted by Gasteiger charge is -2.05. The van der Waals surface area contributed by atoms with Crippen LogP contribution in [-0.2, 0) is 0 Å². The molecule has 1 heterocycles. The highest BCUT2D eigenvalue weighted by molar-refractivity contribution is 5.84. The van der Waals surface area contributed by atoms with Crippen LogP contribution in [0.4, 0.5) is 13.2 Å². The van der Waals surface area contributed by atoms with E-state index in [-0.39, 0.29) is 22.8 Å². The fourth-order valence-corrected chi connectivity index (χ4v) is 2.96. The summed E-state index contributed by atoms with van der Waals surface area (Å²) in [5.41, 5.74) is 0.419. The van der Waals surface area contributed by atoms with Crippen molar-refractivity contribution in [3.8, 4) is 29.0 Å². The molecule has 0 radical (unpaired) electrons. The van der Waals surface area contributed by atoms with Crippen molar-refractivity contribution in [2.75, 3.05) is 6.61 Å². The van der Waals surface area contributed by atoms with E-state index in [0.717, 1.165) is 22.9 Å². The Bertz CT molecular complexity index is 1270. The highest BCUT2D eigenvalue weighted by Gasteiger charge is 2.12. The van der Waals surface area contributed by atoms with Gasteiger partial charge in [0.15, 0.2) is 11.6 Å². The zero-order valence-corrected chi connectivity index (χ0v) is 15.9. The molecule has 0 saturated carbocycles. The fourth-order valence-electron chi connectivity index (χ4n) is 2.96. The summed E-state index contributed by atoms with van der Waals surface area (Å²) in [5, 5.41) is 1.50. The molecule has 0 unspecified atom stereocenters. The van der Waals surface area contributed by atoms with Gasteiger partial charge in [-0.2, -0.15) is 0 Å². The molecule has 0 saturated heterocycles. The molecular formula is C24H15F3N2O. The summed E-state index contributed by atoms with van der Waals surface area (Å²) in [6, 6.07) is 11.8. The van der Waals surface area contributed by atoms with Gasteiger partial charge in [-0.25, -0.2) is 23.1 Å². The summed E-state index contributed by atoms with van der Waals surface area (Å²) < 4.78 is 47.6. The summed E-state index contributed by atoms with van der Waals surface area (Å²) >= 11 is 0. The molecule has 3 aromatic carbocycles. The third-order valence-electron chi connectivity index (χ3n) is 4.37. The van der Waals surface area contributed by atoms with E-state index < -0.39 is 11.6 Å². The van der Waals surface area contributed by atoms with Crippen molar-refractivity contribution in [2.24, 2.45) is 0 Å². The van der Waals surface area contributed by atoms with Crippen LogP contribution in [0.25, 0.3) is 22.2 Å². The summed E-state index contributed by atoms with van der Waals surface area (Å²) in [6.07, 6.45) is 2.89. The Balaban J connectivity index is 1.64. The van der Waals surface area contributed by atoms with Crippen LogP contribution in [0.5, 0.6) is 5.75 Å². The van der Waals surface area contributed by atoms with Crippen molar-refractivity contribution in [1.29, 1.82) is 0 Å². The highest BCUT2D eigenvalue weighted by Crippen LogP contribution is 2.23. The third kappa shape index (κ3) is 4.11. The fraction of sp³-hybridized carbons (Fsp3) is 0.0833. The Labute approximate surface area is 171 Å². The van der Waals surface area contributed by atoms with Gasteiger partial charge in [0.05, 0.1) is 24.6 Å². The van der Waals surface area contributed by atoms with Crippen LogP contribution in [0.1, 0.15) is 18.1 Å². The zero-order valence-electron chi connectivity index (χ0n) is 15.9. The summed E-state index contributed by atoms with van der Waals surface area (Å²) in [5.74, 6) is 4.01. The van der Waals surface area contributed by atoms with E-state index in [9.17, 15) is 13.2 Å². The van der Waals surface area contributed by atoms with E-state index >= 15 is 0 Å². The number of hydrogen-bond acceptors (Lipinski definition) is 3. The summed E-state index contributed by atoms with van der Waals surface area (Å²) in [7, 11) is 0. The number of halogens is 3. The number of rotatable bonds is 3. The number of benzene rings is 3. The first-order valence-corrected chi connectivity index (χ1v) is 9.19. The molecule has 30 heavy (non-hydrogen) atoms. The average Bonchev–Trinajstić information content (AvgIpc) is 2.74. The van der Waals surface area contributed by atoms with Crippen LogP contribution in [0, 0.1) is 29.3 Å². The number of aromatic nitrogens is 2. The lowest BCUT2D eigenvalue weighted by molar-refractivity contribution is 0.337. The molecule has 0 spiro atoms. The SMILES string of the molecule is CCOc1cnc(-c2cc(F)c(C#Cc3ccc4cc(F)ccc4c3)c(F)c2)nc1. The van der Waals surface area contributed by atoms with Gasteiger partial charge >= 0.3 is 0 Å². The number of hydrogen-bond donors (Lipinski definition) is 0. The first kappa shape index (κ1) is 19.5. The van der Waals surface area contributed by atoms with Crippen molar-refractivity contribution < 1.29 is 17.9 Å². The molecule has 0 fully saturated rings. The van der Waals surface area contributed by atoms with Gasteiger partial charge in [-0.3, -0.25) is 0 Å². The molecule has 0 amide bonds. The van der Waals surface area contributed by atoms with E-state index in [4.69, 9.17) is 4.74 Å². The lowest BCUT2D eigenvalue weighted by atomic mass is 10.1. The molecule has 0 aliphatic carbocycles. The molecule has 0 N–H and O–H groups in total. The molecule has 0 atom stereocenters. The molecule has 148 valence electrons. The van der Waals surface area contributed by atoms with Crippen molar-refractivity contribution in [2.45, 2.75) is 6.92 Å². The van der Waals surface area contributed by atoms with Gasteiger partial charge in [0.25, 0.3) is 0 Å². The van der Waals surface area contributed by atoms with Crippen LogP contribution < -0.4 is 4.74 Å². The Kier molecular flexibility index (Phi) is 5.36. The first-order chi connectivity index (χ1) is 14.5. The highest BCUT2D eigenvalue weighted by atomic mass is 19.1. The maximum atomic E-state index is 14.5. The Morgan fingerprint density at radius 3 is 2.20 bits per heavy atom. The summed E-state index contributed by atoms with van der Waals surface area (Å²) in [4.78, 5) is 8.15. The molecule has 6 heteroatoms. The maximum absolute atomic E-state index is 14.5. The van der Waals surface area contributed by atoms with Gasteiger partial charge < -0.3 is 4.74 Å². The van der Waals surface area contributed by atoms with Crippen molar-refractivity contribution in [3.05, 3.63) is 89.5 Å². The van der Waals surface area contributed by atoms with Crippen molar-refractivity contribution in [1.82, 2.24) is 9.97 Å². The monoisotopic (exact) mass is 404 g/mol. The largest absolute Gasteiger partial charge is 0.491 e. The molecule has 0 bridgehead atoms. The van der Waals surface area contributed by atoms with Gasteiger partial charge in [0.1, 0.15) is 17.5 Å². The Morgan fingerprint density at radius 2 is 1.50 bits per heavy atom. The van der Waals surface area contributed by atoms with Gasteiger partial charge in [0.2, 0.25) is 0 Å². The second-order valence-electron chi connectivity index (χ2n) is 6.45. The van der Waals surface area contributed by atoms with Crippen LogP contribution >= 0.6 is 0 Å². The second-order valence-corrected chi connectivity index (χ2v) is 6.45. The molecular weight excluding hydrogens is 389 g/mol.